The van der Waals surface area contributed by atoms with Gasteiger partial charge < -0.3 is 20.6 Å². The molecule has 8 nitrogen and oxygen atoms in total. The van der Waals surface area contributed by atoms with Crippen LogP contribution >= 0.6 is 0 Å². The molecule has 9 rings (SSSR count). The number of nitrogens with one attached hydrogen (secondary N) is 4. The predicted octanol–water partition coefficient (Wildman–Crippen LogP) is 4.78. The van der Waals surface area contributed by atoms with Crippen molar-refractivity contribution in [2.45, 2.75) is 0 Å². The fourth-order valence-electron chi connectivity index (χ4n) is 6.04. The molecular formula is C32H22N8. The molecular weight excluding hydrogens is 496 g/mol. The van der Waals surface area contributed by atoms with Gasteiger partial charge in [-0.25, -0.2) is 20.0 Å². The highest BCUT2D eigenvalue weighted by Crippen LogP contribution is 2.38. The molecule has 2 aliphatic carbocycles. The van der Waals surface area contributed by atoms with Crippen LogP contribution in [0.3, 0.4) is 0 Å². The maximum absolute atomic E-state index is 5.12. The number of aromatic nitrogens is 2. The zero-order valence-corrected chi connectivity index (χ0v) is 21.2. The van der Waals surface area contributed by atoms with E-state index >= 15 is 0 Å². The largest absolute Gasteiger partial charge is 0.327 e. The molecule has 0 saturated heterocycles. The van der Waals surface area contributed by atoms with E-state index in [2.05, 4.69) is 81.3 Å². The molecule has 2 aromatic heterocycles. The van der Waals surface area contributed by atoms with Crippen LogP contribution in [0.1, 0.15) is 0 Å². The second kappa shape index (κ2) is 8.00. The summed E-state index contributed by atoms with van der Waals surface area (Å²) >= 11 is 0. The van der Waals surface area contributed by atoms with Gasteiger partial charge in [-0.05, 0) is 0 Å². The zero-order chi connectivity index (χ0) is 26.2. The van der Waals surface area contributed by atoms with Crippen LogP contribution in [0.4, 0.5) is 11.6 Å². The number of hydrogen-bond donors (Lipinski definition) is 4. The van der Waals surface area contributed by atoms with Crippen LogP contribution in [-0.2, 0) is 0 Å². The Morgan fingerprint density at radius 1 is 0.500 bits per heavy atom. The Kier molecular flexibility index (Phi) is 4.29. The summed E-state index contributed by atoms with van der Waals surface area (Å²) in [7, 11) is 0. The molecule has 5 heterocycles. The third kappa shape index (κ3) is 3.07. The molecule has 8 heteroatoms. The van der Waals surface area contributed by atoms with Crippen molar-refractivity contribution in [1.29, 1.82) is 0 Å². The van der Waals surface area contributed by atoms with Crippen molar-refractivity contribution < 1.29 is 0 Å². The zero-order valence-electron chi connectivity index (χ0n) is 21.2. The molecule has 2 unspecified atom stereocenters. The van der Waals surface area contributed by atoms with E-state index in [0.29, 0.717) is 0 Å². The lowest BCUT2D eigenvalue weighted by Crippen LogP contribution is -2.23. The normalized spacial score (nSPS) is 22.0. The number of nitrogens with zero attached hydrogens (tertiary/aromatic N) is 4. The van der Waals surface area contributed by atoms with Gasteiger partial charge in [0.1, 0.15) is 45.9 Å². The number of benzene rings is 2. The molecule has 4 aromatic rings. The lowest BCUT2D eigenvalue weighted by molar-refractivity contribution is 0.992. The van der Waals surface area contributed by atoms with Gasteiger partial charge in [-0.1, -0.05) is 97.1 Å². The summed E-state index contributed by atoms with van der Waals surface area (Å²) in [5, 5.41) is 11.1. The van der Waals surface area contributed by atoms with Crippen molar-refractivity contribution in [1.82, 2.24) is 20.6 Å². The first-order valence-corrected chi connectivity index (χ1v) is 13.3. The van der Waals surface area contributed by atoms with Gasteiger partial charge in [-0.3, -0.25) is 0 Å². The Hall–Kier alpha value is -5.50. The lowest BCUT2D eigenvalue weighted by atomic mass is 9.96. The number of allylic oxidation sites excluding steroid dienone is 6. The predicted molar refractivity (Wildman–Crippen MR) is 157 cm³/mol. The molecule has 2 aromatic carbocycles. The van der Waals surface area contributed by atoms with Crippen LogP contribution in [0.5, 0.6) is 0 Å². The Morgan fingerprint density at radius 2 is 0.975 bits per heavy atom. The average Bonchev–Trinajstić information content (AvgIpc) is 3.73. The third-order valence-electron chi connectivity index (χ3n) is 7.94. The molecule has 0 radical (unpaired) electrons. The van der Waals surface area contributed by atoms with Gasteiger partial charge in [0.25, 0.3) is 0 Å². The van der Waals surface area contributed by atoms with E-state index < -0.39 is 0 Å². The highest BCUT2D eigenvalue weighted by Gasteiger charge is 2.32. The minimum atomic E-state index is -0.0220. The maximum Gasteiger partial charge on any atom is 0.142 e. The van der Waals surface area contributed by atoms with Crippen molar-refractivity contribution in [3.8, 4) is 0 Å². The molecule has 4 N–H and O–H groups in total. The number of aromatic amines is 2. The monoisotopic (exact) mass is 518 g/mol. The van der Waals surface area contributed by atoms with Gasteiger partial charge in [0.05, 0.1) is 11.8 Å². The van der Waals surface area contributed by atoms with Crippen molar-refractivity contribution in [2.24, 2.45) is 31.8 Å². The molecule has 0 saturated carbocycles. The van der Waals surface area contributed by atoms with Crippen LogP contribution in [0.25, 0.3) is 21.5 Å². The fourth-order valence-corrected chi connectivity index (χ4v) is 6.04. The van der Waals surface area contributed by atoms with Gasteiger partial charge in [0.15, 0.2) is 0 Å². The van der Waals surface area contributed by atoms with Crippen molar-refractivity contribution in [2.75, 3.05) is 0 Å². The topological polar surface area (TPSA) is 105 Å². The summed E-state index contributed by atoms with van der Waals surface area (Å²) in [4.78, 5) is 27.5. The van der Waals surface area contributed by atoms with E-state index in [4.69, 9.17) is 20.0 Å². The molecule has 0 fully saturated rings. The van der Waals surface area contributed by atoms with Gasteiger partial charge in [-0.15, -0.1) is 0 Å². The minimum Gasteiger partial charge on any atom is -0.327 e. The van der Waals surface area contributed by atoms with Gasteiger partial charge >= 0.3 is 0 Å². The van der Waals surface area contributed by atoms with Crippen molar-refractivity contribution >= 4 is 44.9 Å². The highest BCUT2D eigenvalue weighted by molar-refractivity contribution is 6.06. The van der Waals surface area contributed by atoms with Gasteiger partial charge in [-0.2, -0.15) is 0 Å². The Morgan fingerprint density at radius 3 is 1.48 bits per heavy atom. The Labute approximate surface area is 228 Å². The van der Waals surface area contributed by atoms with E-state index in [9.17, 15) is 0 Å². The molecule has 8 bridgehead atoms. The van der Waals surface area contributed by atoms with Crippen LogP contribution in [0.2, 0.25) is 0 Å². The maximum atomic E-state index is 5.12. The van der Waals surface area contributed by atoms with Gasteiger partial charge in [0, 0.05) is 32.7 Å². The Balaban J connectivity index is 1.38. The van der Waals surface area contributed by atoms with E-state index in [0.717, 1.165) is 78.6 Å². The van der Waals surface area contributed by atoms with Crippen LogP contribution in [0.15, 0.2) is 140 Å². The number of rotatable bonds is 0. The van der Waals surface area contributed by atoms with Gasteiger partial charge in [0.2, 0.25) is 0 Å². The summed E-state index contributed by atoms with van der Waals surface area (Å²) < 4.78 is 0. The molecule has 0 spiro atoms. The number of H-pyrrole nitrogens is 2. The third-order valence-corrected chi connectivity index (χ3v) is 7.94. The summed E-state index contributed by atoms with van der Waals surface area (Å²) in [5.41, 5.74) is 3.65. The Bertz CT molecular complexity index is 2020. The first kappa shape index (κ1) is 21.4. The fraction of sp³-hybridized carbons (Fsp3) is 0.0625. The average molecular weight is 519 g/mol. The summed E-state index contributed by atoms with van der Waals surface area (Å²) in [5.74, 6) is 4.66. The van der Waals surface area contributed by atoms with Crippen molar-refractivity contribution in [3.63, 3.8) is 0 Å². The quantitative estimate of drug-likeness (QED) is 0.269. The first-order valence-electron chi connectivity index (χ1n) is 13.3. The molecule has 190 valence electrons. The number of fused-ring (bicyclic) bond motifs is 18. The standard InChI is InChI=1S/C32H22N8/c1-2-10-18-17(9-1)25-33-26(18)38-28-21-13-5-6-14-22(21)30(35-28)40-32-24-16-8-7-15-23(24)31(36-32)39-29-20-12-4-3-11-19(20)27(34-29)37-25/h1-17,23,34H,(H,33,37)(H,36,39)(H,35,38,40). The molecule has 2 atom stereocenters. The smallest absolute Gasteiger partial charge is 0.142 e. The molecule has 40 heavy (non-hydrogen) atoms. The summed E-state index contributed by atoms with van der Waals surface area (Å²) in [6.07, 6.45) is 16.7. The SMILES string of the molecule is C1=CC2=C3N=c4[nH]c(c5ccccc45)=NC4=C5C=CC=CC5C(=Nc5[nH]c(c6ccccc56)N=C(N3)C2C=C1)N4. The number of hydrogen-bond acceptors (Lipinski definition) is 6. The number of aliphatic imine (C=N–C) groups is 2. The van der Waals surface area contributed by atoms with Crippen LogP contribution < -0.4 is 21.6 Å². The van der Waals surface area contributed by atoms with E-state index in [1.807, 2.05) is 36.4 Å². The second-order valence-corrected chi connectivity index (χ2v) is 10.3. The molecule has 3 aliphatic heterocycles. The van der Waals surface area contributed by atoms with E-state index in [1.165, 1.54) is 0 Å². The highest BCUT2D eigenvalue weighted by atomic mass is 15.2. The van der Waals surface area contributed by atoms with Crippen LogP contribution in [0, 0.1) is 11.8 Å². The lowest BCUT2D eigenvalue weighted by Gasteiger charge is -2.10. The van der Waals surface area contributed by atoms with E-state index in [1.54, 1.807) is 0 Å². The van der Waals surface area contributed by atoms with Crippen molar-refractivity contribution in [3.05, 3.63) is 131 Å². The molecule has 0 amide bonds. The van der Waals surface area contributed by atoms with Crippen LogP contribution in [-0.4, -0.2) is 21.6 Å². The first-order chi connectivity index (χ1) is 19.8. The number of amidine groups is 2. The summed E-state index contributed by atoms with van der Waals surface area (Å²) in [6.45, 7) is 0. The second-order valence-electron chi connectivity index (χ2n) is 10.3. The summed E-state index contributed by atoms with van der Waals surface area (Å²) in [6, 6.07) is 16.4. The minimum absolute atomic E-state index is 0.0220. The molecule has 5 aliphatic rings. The van der Waals surface area contributed by atoms with E-state index in [-0.39, 0.29) is 11.8 Å².